The summed E-state index contributed by atoms with van der Waals surface area (Å²) in [5.41, 5.74) is 2.51. The van der Waals surface area contributed by atoms with Crippen LogP contribution < -0.4 is 10.1 Å². The summed E-state index contributed by atoms with van der Waals surface area (Å²) < 4.78 is 5.92. The number of carbonyl (C=O) groups excluding carboxylic acids is 1. The Morgan fingerprint density at radius 1 is 1.04 bits per heavy atom. The molecule has 0 radical (unpaired) electrons. The van der Waals surface area contributed by atoms with Gasteiger partial charge < -0.3 is 10.1 Å². The van der Waals surface area contributed by atoms with Crippen LogP contribution in [0.4, 0.5) is 0 Å². The molecule has 1 aromatic carbocycles. The van der Waals surface area contributed by atoms with Gasteiger partial charge in [-0.3, -0.25) is 4.79 Å². The van der Waals surface area contributed by atoms with Gasteiger partial charge in [0, 0.05) is 6.04 Å². The molecule has 3 heteroatoms. The highest BCUT2D eigenvalue weighted by molar-refractivity contribution is 5.77. The van der Waals surface area contributed by atoms with Crippen molar-refractivity contribution in [1.82, 2.24) is 5.32 Å². The lowest BCUT2D eigenvalue weighted by molar-refractivity contribution is -0.124. The van der Waals surface area contributed by atoms with Crippen molar-refractivity contribution in [1.29, 1.82) is 0 Å². The molecule has 1 amide bonds. The van der Waals surface area contributed by atoms with Crippen LogP contribution in [0.1, 0.15) is 84.8 Å². The monoisotopic (exact) mass is 345 g/mol. The van der Waals surface area contributed by atoms with Crippen LogP contribution in [-0.4, -0.2) is 18.6 Å². The van der Waals surface area contributed by atoms with Crippen molar-refractivity contribution >= 4 is 5.91 Å². The van der Waals surface area contributed by atoms with Gasteiger partial charge in [-0.1, -0.05) is 72.9 Å². The number of benzene rings is 1. The fraction of sp³-hybridized carbons (Fsp3) is 0.682. The zero-order valence-corrected chi connectivity index (χ0v) is 16.9. The van der Waals surface area contributed by atoms with Gasteiger partial charge >= 0.3 is 0 Å². The summed E-state index contributed by atoms with van der Waals surface area (Å²) >= 11 is 0. The third-order valence-electron chi connectivity index (χ3n) is 4.98. The minimum atomic E-state index is -0.0313. The Morgan fingerprint density at radius 2 is 1.68 bits per heavy atom. The van der Waals surface area contributed by atoms with E-state index in [-0.39, 0.29) is 23.3 Å². The molecular formula is C22H35NO2. The van der Waals surface area contributed by atoms with Crippen LogP contribution in [-0.2, 0) is 15.6 Å². The van der Waals surface area contributed by atoms with Crippen molar-refractivity contribution in [2.45, 2.75) is 90.5 Å². The molecule has 0 heterocycles. The number of hydrogen-bond acceptors (Lipinski definition) is 2. The number of ether oxygens (including phenoxy) is 1. The second kappa shape index (κ2) is 7.80. The molecule has 0 spiro atoms. The maximum Gasteiger partial charge on any atom is 0.258 e. The fourth-order valence-electron chi connectivity index (χ4n) is 3.37. The van der Waals surface area contributed by atoms with Gasteiger partial charge in [-0.2, -0.15) is 0 Å². The van der Waals surface area contributed by atoms with Gasteiger partial charge in [0.1, 0.15) is 5.75 Å². The molecule has 0 bridgehead atoms. The van der Waals surface area contributed by atoms with Crippen LogP contribution in [0.3, 0.4) is 0 Å². The van der Waals surface area contributed by atoms with Crippen LogP contribution in [0.25, 0.3) is 0 Å². The average Bonchev–Trinajstić information content (AvgIpc) is 2.52. The van der Waals surface area contributed by atoms with Crippen molar-refractivity contribution in [2.75, 3.05) is 6.61 Å². The smallest absolute Gasteiger partial charge is 0.258 e. The van der Waals surface area contributed by atoms with E-state index in [2.05, 4.69) is 59.0 Å². The molecule has 0 saturated heterocycles. The standard InChI is InChI=1S/C22H35NO2/c1-21(2,3)16-12-13-19(18(14-16)22(4,5)6)25-15-20(24)23-17-10-8-7-9-11-17/h12-14,17H,7-11,15H2,1-6H3,(H,23,24). The Bertz CT molecular complexity index is 587. The summed E-state index contributed by atoms with van der Waals surface area (Å²) in [5, 5.41) is 3.12. The van der Waals surface area contributed by atoms with E-state index in [0.717, 1.165) is 24.2 Å². The first-order chi connectivity index (χ1) is 11.6. The van der Waals surface area contributed by atoms with Crippen LogP contribution in [0.15, 0.2) is 18.2 Å². The molecule has 1 aliphatic carbocycles. The molecule has 0 aliphatic heterocycles. The molecule has 1 N–H and O–H groups in total. The highest BCUT2D eigenvalue weighted by atomic mass is 16.5. The molecule has 140 valence electrons. The zero-order chi connectivity index (χ0) is 18.7. The maximum absolute atomic E-state index is 12.2. The SMILES string of the molecule is CC(C)(C)c1ccc(OCC(=O)NC2CCCCC2)c(C(C)(C)C)c1. The van der Waals surface area contributed by atoms with Crippen LogP contribution >= 0.6 is 0 Å². The van der Waals surface area contributed by atoms with Gasteiger partial charge in [0.25, 0.3) is 5.91 Å². The largest absolute Gasteiger partial charge is 0.483 e. The van der Waals surface area contributed by atoms with E-state index in [0.29, 0.717) is 6.04 Å². The first-order valence-corrected chi connectivity index (χ1v) is 9.64. The van der Waals surface area contributed by atoms with Crippen LogP contribution in [0, 0.1) is 0 Å². The highest BCUT2D eigenvalue weighted by Crippen LogP contribution is 2.35. The number of hydrogen-bond donors (Lipinski definition) is 1. The van der Waals surface area contributed by atoms with E-state index in [4.69, 9.17) is 4.74 Å². The normalized spacial score (nSPS) is 16.6. The van der Waals surface area contributed by atoms with Crippen molar-refractivity contribution in [3.05, 3.63) is 29.3 Å². The Morgan fingerprint density at radius 3 is 2.24 bits per heavy atom. The number of nitrogens with one attached hydrogen (secondary N) is 1. The first kappa shape index (κ1) is 19.8. The molecule has 0 atom stereocenters. The Kier molecular flexibility index (Phi) is 6.18. The summed E-state index contributed by atoms with van der Waals surface area (Å²) in [5.74, 6) is 0.811. The van der Waals surface area contributed by atoms with Gasteiger partial charge in [0.15, 0.2) is 6.61 Å². The van der Waals surface area contributed by atoms with E-state index in [9.17, 15) is 4.79 Å². The van der Waals surface area contributed by atoms with Gasteiger partial charge in [-0.25, -0.2) is 0 Å². The van der Waals surface area contributed by atoms with Gasteiger partial charge in [-0.15, -0.1) is 0 Å². The Hall–Kier alpha value is -1.51. The van der Waals surface area contributed by atoms with Crippen molar-refractivity contribution in [3.8, 4) is 5.75 Å². The maximum atomic E-state index is 12.2. The van der Waals surface area contributed by atoms with E-state index in [1.165, 1.54) is 24.8 Å². The summed E-state index contributed by atoms with van der Waals surface area (Å²) in [4.78, 5) is 12.2. The molecule has 1 aromatic rings. The molecule has 1 saturated carbocycles. The zero-order valence-electron chi connectivity index (χ0n) is 16.9. The third kappa shape index (κ3) is 5.76. The summed E-state index contributed by atoms with van der Waals surface area (Å²) in [6.45, 7) is 13.3. The Labute approximate surface area is 153 Å². The molecule has 25 heavy (non-hydrogen) atoms. The molecule has 1 aliphatic rings. The molecule has 2 rings (SSSR count). The second-order valence-electron chi connectivity index (χ2n) is 9.40. The van der Waals surface area contributed by atoms with Gasteiger partial charge in [0.2, 0.25) is 0 Å². The van der Waals surface area contributed by atoms with E-state index in [1.807, 2.05) is 6.07 Å². The van der Waals surface area contributed by atoms with Gasteiger partial charge in [0.05, 0.1) is 0 Å². The number of rotatable bonds is 4. The van der Waals surface area contributed by atoms with Crippen LogP contribution in [0.2, 0.25) is 0 Å². The summed E-state index contributed by atoms with van der Waals surface area (Å²) in [7, 11) is 0. The third-order valence-corrected chi connectivity index (χ3v) is 4.98. The van der Waals surface area contributed by atoms with E-state index < -0.39 is 0 Å². The number of carbonyl (C=O) groups is 1. The lowest BCUT2D eigenvalue weighted by Crippen LogP contribution is -2.39. The topological polar surface area (TPSA) is 38.3 Å². The number of amides is 1. The molecule has 0 aromatic heterocycles. The predicted molar refractivity (Wildman–Crippen MR) is 104 cm³/mol. The quantitative estimate of drug-likeness (QED) is 0.823. The van der Waals surface area contributed by atoms with Crippen molar-refractivity contribution < 1.29 is 9.53 Å². The second-order valence-corrected chi connectivity index (χ2v) is 9.40. The summed E-state index contributed by atoms with van der Waals surface area (Å²) in [6.07, 6.45) is 5.92. The highest BCUT2D eigenvalue weighted by Gasteiger charge is 2.23. The van der Waals surface area contributed by atoms with E-state index in [1.54, 1.807) is 0 Å². The molecular weight excluding hydrogens is 310 g/mol. The molecule has 0 unspecified atom stereocenters. The van der Waals surface area contributed by atoms with Crippen molar-refractivity contribution in [3.63, 3.8) is 0 Å². The predicted octanol–water partition coefficient (Wildman–Crippen LogP) is 5.11. The molecule has 1 fully saturated rings. The summed E-state index contributed by atoms with van der Waals surface area (Å²) in [6, 6.07) is 6.70. The fourth-order valence-corrected chi connectivity index (χ4v) is 3.37. The minimum Gasteiger partial charge on any atom is -0.483 e. The van der Waals surface area contributed by atoms with Crippen molar-refractivity contribution in [2.24, 2.45) is 0 Å². The molecule has 3 nitrogen and oxygen atoms in total. The van der Waals surface area contributed by atoms with Crippen LogP contribution in [0.5, 0.6) is 5.75 Å². The van der Waals surface area contributed by atoms with E-state index >= 15 is 0 Å². The average molecular weight is 346 g/mol. The minimum absolute atomic E-state index is 0.00772. The lowest BCUT2D eigenvalue weighted by Gasteiger charge is -2.27. The van der Waals surface area contributed by atoms with Gasteiger partial charge in [-0.05, 0) is 40.9 Å². The lowest BCUT2D eigenvalue weighted by atomic mass is 9.80. The first-order valence-electron chi connectivity index (χ1n) is 9.64. The Balaban J connectivity index is 2.06.